The van der Waals surface area contributed by atoms with Gasteiger partial charge in [0.15, 0.2) is 0 Å². The van der Waals surface area contributed by atoms with Crippen LogP contribution in [0.15, 0.2) is 60.7 Å². The van der Waals surface area contributed by atoms with Crippen molar-refractivity contribution >= 4 is 5.91 Å². The number of carbonyl (C=O) groups is 1. The van der Waals surface area contributed by atoms with E-state index in [9.17, 15) is 9.90 Å². The molecular weight excluding hydrogens is 314 g/mol. The van der Waals surface area contributed by atoms with E-state index >= 15 is 0 Å². The van der Waals surface area contributed by atoms with E-state index in [-0.39, 0.29) is 24.5 Å². The van der Waals surface area contributed by atoms with Gasteiger partial charge in [-0.15, -0.1) is 0 Å². The zero-order valence-corrected chi connectivity index (χ0v) is 14.5. The van der Waals surface area contributed by atoms with Gasteiger partial charge < -0.3 is 15.2 Å². The molecule has 3 rings (SSSR count). The van der Waals surface area contributed by atoms with Crippen LogP contribution in [0.3, 0.4) is 0 Å². The van der Waals surface area contributed by atoms with Crippen molar-refractivity contribution in [3.63, 3.8) is 0 Å². The minimum Gasteiger partial charge on any atom is -0.387 e. The lowest BCUT2D eigenvalue weighted by Crippen LogP contribution is -2.47. The molecule has 1 fully saturated rings. The molecule has 0 aromatic heterocycles. The molecule has 2 atom stereocenters. The molecule has 0 aliphatic carbocycles. The summed E-state index contributed by atoms with van der Waals surface area (Å²) in [5, 5.41) is 14.1. The molecule has 0 saturated carbocycles. The number of carbonyl (C=O) groups excluding carboxylic acids is 1. The average Bonchev–Trinajstić information content (AvgIpc) is 3.16. The van der Waals surface area contributed by atoms with Crippen LogP contribution in [0.2, 0.25) is 0 Å². The predicted octanol–water partition coefficient (Wildman–Crippen LogP) is 2.86. The second-order valence-electron chi connectivity index (χ2n) is 6.83. The van der Waals surface area contributed by atoms with Crippen LogP contribution < -0.4 is 5.32 Å². The first kappa shape index (κ1) is 17.6. The molecule has 0 spiro atoms. The van der Waals surface area contributed by atoms with Crippen molar-refractivity contribution in [2.75, 3.05) is 13.2 Å². The topological polar surface area (TPSA) is 58.6 Å². The molecule has 2 N–H and O–H groups in total. The normalized spacial score (nSPS) is 19.6. The summed E-state index contributed by atoms with van der Waals surface area (Å²) in [4.78, 5) is 12.2. The summed E-state index contributed by atoms with van der Waals surface area (Å²) < 4.78 is 5.42. The van der Waals surface area contributed by atoms with Crippen LogP contribution in [0.25, 0.3) is 0 Å². The fourth-order valence-electron chi connectivity index (χ4n) is 3.47. The quantitative estimate of drug-likeness (QED) is 0.851. The Morgan fingerprint density at radius 3 is 2.20 bits per heavy atom. The van der Waals surface area contributed by atoms with Gasteiger partial charge in [0, 0.05) is 19.1 Å². The van der Waals surface area contributed by atoms with Crippen LogP contribution in [0.5, 0.6) is 0 Å². The lowest BCUT2D eigenvalue weighted by atomic mass is 9.78. The molecule has 0 bridgehead atoms. The first-order valence-electron chi connectivity index (χ1n) is 8.79. The van der Waals surface area contributed by atoms with Crippen LogP contribution in [0.4, 0.5) is 0 Å². The van der Waals surface area contributed by atoms with Gasteiger partial charge >= 0.3 is 0 Å². The summed E-state index contributed by atoms with van der Waals surface area (Å²) in [5.74, 6) is -0.377. The van der Waals surface area contributed by atoms with Crippen molar-refractivity contribution in [2.24, 2.45) is 0 Å². The Labute approximate surface area is 148 Å². The number of amides is 1. The summed E-state index contributed by atoms with van der Waals surface area (Å²) in [6.07, 6.45) is 1.27. The van der Waals surface area contributed by atoms with Crippen LogP contribution in [0.1, 0.15) is 36.8 Å². The second kappa shape index (κ2) is 7.81. The predicted molar refractivity (Wildman–Crippen MR) is 97.3 cm³/mol. The number of hydrogen-bond donors (Lipinski definition) is 2. The molecule has 2 aromatic rings. The Kier molecular flexibility index (Phi) is 5.51. The molecule has 0 unspecified atom stereocenters. The standard InChI is InChI=1S/C21H25NO3/c1-21(24,15-22-20(23)18-13-8-14-25-18)19(16-9-4-2-5-10-16)17-11-6-3-7-12-17/h2-7,9-12,18-19,24H,8,13-15H2,1H3,(H,22,23)/t18-,21+/m0/s1. The molecule has 132 valence electrons. The number of ether oxygens (including phenoxy) is 1. The van der Waals surface area contributed by atoms with Crippen molar-refractivity contribution in [2.45, 2.75) is 37.4 Å². The minimum absolute atomic E-state index is 0.141. The number of nitrogens with one attached hydrogen (secondary N) is 1. The molecule has 4 nitrogen and oxygen atoms in total. The second-order valence-corrected chi connectivity index (χ2v) is 6.83. The van der Waals surface area contributed by atoms with E-state index in [0.717, 1.165) is 24.0 Å². The van der Waals surface area contributed by atoms with E-state index in [0.29, 0.717) is 6.61 Å². The van der Waals surface area contributed by atoms with Crippen molar-refractivity contribution in [3.8, 4) is 0 Å². The SMILES string of the molecule is C[C@@](O)(CNC(=O)[C@@H]1CCCO1)C(c1ccccc1)c1ccccc1. The molecule has 0 radical (unpaired) electrons. The van der Waals surface area contributed by atoms with Crippen LogP contribution in [0, 0.1) is 0 Å². The first-order chi connectivity index (χ1) is 12.1. The lowest BCUT2D eigenvalue weighted by molar-refractivity contribution is -0.131. The van der Waals surface area contributed by atoms with Gasteiger partial charge in [0.2, 0.25) is 5.91 Å². The molecule has 1 saturated heterocycles. The molecule has 1 aliphatic heterocycles. The Bertz CT molecular complexity index is 639. The fourth-order valence-corrected chi connectivity index (χ4v) is 3.47. The number of hydrogen-bond acceptors (Lipinski definition) is 3. The highest BCUT2D eigenvalue weighted by atomic mass is 16.5. The van der Waals surface area contributed by atoms with Gasteiger partial charge in [-0.25, -0.2) is 0 Å². The molecule has 1 aliphatic rings. The van der Waals surface area contributed by atoms with Crippen molar-refractivity contribution < 1.29 is 14.6 Å². The number of aliphatic hydroxyl groups is 1. The highest BCUT2D eigenvalue weighted by Crippen LogP contribution is 2.34. The maximum Gasteiger partial charge on any atom is 0.249 e. The van der Waals surface area contributed by atoms with E-state index in [1.165, 1.54) is 0 Å². The monoisotopic (exact) mass is 339 g/mol. The third-order valence-electron chi connectivity index (χ3n) is 4.73. The summed E-state index contributed by atoms with van der Waals surface area (Å²) in [6.45, 7) is 2.57. The lowest BCUT2D eigenvalue weighted by Gasteiger charge is -2.34. The largest absolute Gasteiger partial charge is 0.387 e. The summed E-state index contributed by atoms with van der Waals surface area (Å²) in [5.41, 5.74) is 0.909. The maximum atomic E-state index is 12.2. The highest BCUT2D eigenvalue weighted by Gasteiger charge is 2.35. The van der Waals surface area contributed by atoms with Gasteiger partial charge in [-0.05, 0) is 30.9 Å². The van der Waals surface area contributed by atoms with Crippen molar-refractivity contribution in [1.82, 2.24) is 5.32 Å². The third-order valence-corrected chi connectivity index (χ3v) is 4.73. The first-order valence-corrected chi connectivity index (χ1v) is 8.79. The van der Waals surface area contributed by atoms with E-state index in [1.54, 1.807) is 6.92 Å². The van der Waals surface area contributed by atoms with Crippen LogP contribution in [-0.2, 0) is 9.53 Å². The average molecular weight is 339 g/mol. The summed E-state index contributed by atoms with van der Waals surface area (Å²) in [7, 11) is 0. The Hall–Kier alpha value is -2.17. The van der Waals surface area contributed by atoms with Gasteiger partial charge in [-0.3, -0.25) is 4.79 Å². The van der Waals surface area contributed by atoms with Crippen molar-refractivity contribution in [3.05, 3.63) is 71.8 Å². The zero-order chi connectivity index (χ0) is 17.7. The van der Waals surface area contributed by atoms with Gasteiger partial charge in [0.05, 0.1) is 5.60 Å². The molecule has 25 heavy (non-hydrogen) atoms. The van der Waals surface area contributed by atoms with Gasteiger partial charge in [0.25, 0.3) is 0 Å². The fraction of sp³-hybridized carbons (Fsp3) is 0.381. The highest BCUT2D eigenvalue weighted by molar-refractivity contribution is 5.81. The summed E-state index contributed by atoms with van der Waals surface area (Å²) in [6, 6.07) is 19.8. The van der Waals surface area contributed by atoms with Crippen molar-refractivity contribution in [1.29, 1.82) is 0 Å². The maximum absolute atomic E-state index is 12.2. The Balaban J connectivity index is 1.80. The van der Waals surface area contributed by atoms with Gasteiger partial charge in [-0.2, -0.15) is 0 Å². The smallest absolute Gasteiger partial charge is 0.249 e. The van der Waals surface area contributed by atoms with Crippen LogP contribution in [-0.4, -0.2) is 35.9 Å². The van der Waals surface area contributed by atoms with Gasteiger partial charge in [0.1, 0.15) is 6.10 Å². The molecule has 2 aromatic carbocycles. The van der Waals surface area contributed by atoms with E-state index < -0.39 is 5.60 Å². The molecule has 1 heterocycles. The minimum atomic E-state index is -1.13. The number of rotatable bonds is 6. The Morgan fingerprint density at radius 2 is 1.72 bits per heavy atom. The van der Waals surface area contributed by atoms with E-state index in [2.05, 4.69) is 5.32 Å². The Morgan fingerprint density at radius 1 is 1.16 bits per heavy atom. The third kappa shape index (κ3) is 4.27. The van der Waals surface area contributed by atoms with E-state index in [4.69, 9.17) is 4.74 Å². The zero-order valence-electron chi connectivity index (χ0n) is 14.5. The molecule has 1 amide bonds. The van der Waals surface area contributed by atoms with E-state index in [1.807, 2.05) is 60.7 Å². The summed E-state index contributed by atoms with van der Waals surface area (Å²) >= 11 is 0. The van der Waals surface area contributed by atoms with Gasteiger partial charge in [-0.1, -0.05) is 60.7 Å². The molecular formula is C21H25NO3. The number of benzene rings is 2. The molecule has 4 heteroatoms. The van der Waals surface area contributed by atoms with Crippen LogP contribution >= 0.6 is 0 Å².